The highest BCUT2D eigenvalue weighted by molar-refractivity contribution is 5.77. The largest absolute Gasteiger partial charge is 0.484 e. The highest BCUT2D eigenvalue weighted by Crippen LogP contribution is 2.12. The average Bonchev–Trinajstić information content (AvgIpc) is 2.42. The number of aliphatic hydroxyl groups excluding tert-OH is 2. The van der Waals surface area contributed by atoms with Crippen LogP contribution < -0.4 is 10.1 Å². The first-order valence-electron chi connectivity index (χ1n) is 5.93. The molecule has 1 rings (SSSR count). The van der Waals surface area contributed by atoms with Gasteiger partial charge in [0.15, 0.2) is 6.61 Å². The van der Waals surface area contributed by atoms with Crippen LogP contribution in [0.1, 0.15) is 12.5 Å². The molecular weight excluding hydrogens is 234 g/mol. The number of benzene rings is 1. The second kappa shape index (κ2) is 7.68. The molecule has 0 spiro atoms. The van der Waals surface area contributed by atoms with Crippen LogP contribution in [0.15, 0.2) is 24.3 Å². The van der Waals surface area contributed by atoms with Gasteiger partial charge in [-0.25, -0.2) is 0 Å². The van der Waals surface area contributed by atoms with Gasteiger partial charge >= 0.3 is 0 Å². The summed E-state index contributed by atoms with van der Waals surface area (Å²) in [7, 11) is 0. The van der Waals surface area contributed by atoms with E-state index in [0.717, 1.165) is 6.42 Å². The Hall–Kier alpha value is -1.59. The molecule has 5 heteroatoms. The first-order valence-corrected chi connectivity index (χ1v) is 5.93. The molecule has 0 aliphatic rings. The second-order valence-corrected chi connectivity index (χ2v) is 3.93. The molecule has 1 atom stereocenters. The predicted octanol–water partition coefficient (Wildman–Crippen LogP) is 0.0972. The van der Waals surface area contributed by atoms with Crippen molar-refractivity contribution < 1.29 is 19.7 Å². The molecule has 0 heterocycles. The zero-order chi connectivity index (χ0) is 13.4. The van der Waals surface area contributed by atoms with E-state index in [9.17, 15) is 4.79 Å². The molecule has 1 aromatic carbocycles. The molecule has 1 amide bonds. The molecule has 0 fully saturated rings. The van der Waals surface area contributed by atoms with E-state index >= 15 is 0 Å². The monoisotopic (exact) mass is 253 g/mol. The van der Waals surface area contributed by atoms with Crippen molar-refractivity contribution in [2.24, 2.45) is 0 Å². The lowest BCUT2D eigenvalue weighted by molar-refractivity contribution is -0.123. The van der Waals surface area contributed by atoms with Crippen molar-refractivity contribution in [2.75, 3.05) is 19.8 Å². The van der Waals surface area contributed by atoms with Gasteiger partial charge in [-0.3, -0.25) is 4.79 Å². The van der Waals surface area contributed by atoms with E-state index in [4.69, 9.17) is 14.9 Å². The smallest absolute Gasteiger partial charge is 0.258 e. The predicted molar refractivity (Wildman–Crippen MR) is 67.4 cm³/mol. The fourth-order valence-corrected chi connectivity index (χ4v) is 1.32. The topological polar surface area (TPSA) is 78.8 Å². The Morgan fingerprint density at radius 3 is 2.61 bits per heavy atom. The molecule has 0 radical (unpaired) electrons. The maximum Gasteiger partial charge on any atom is 0.258 e. The number of aryl methyl sites for hydroxylation is 1. The number of carbonyl (C=O) groups excluding carboxylic acids is 1. The minimum Gasteiger partial charge on any atom is -0.484 e. The Morgan fingerprint density at radius 2 is 2.06 bits per heavy atom. The van der Waals surface area contributed by atoms with Crippen molar-refractivity contribution >= 4 is 5.91 Å². The lowest BCUT2D eigenvalue weighted by Crippen LogP contribution is -2.36. The molecule has 1 unspecified atom stereocenters. The molecule has 100 valence electrons. The summed E-state index contributed by atoms with van der Waals surface area (Å²) in [6.07, 6.45) is 0.0255. The number of hydrogen-bond acceptors (Lipinski definition) is 4. The highest BCUT2D eigenvalue weighted by atomic mass is 16.5. The zero-order valence-electron chi connectivity index (χ0n) is 10.4. The van der Waals surface area contributed by atoms with Gasteiger partial charge in [-0.05, 0) is 24.1 Å². The third-order valence-corrected chi connectivity index (χ3v) is 2.45. The van der Waals surface area contributed by atoms with Crippen molar-refractivity contribution in [1.29, 1.82) is 0 Å². The number of aliphatic hydroxyl groups is 2. The van der Waals surface area contributed by atoms with E-state index in [-0.39, 0.29) is 25.7 Å². The standard InChI is InChI=1S/C13H19NO4/c1-2-10-3-5-12(6-4-10)18-9-13(17)14-7-11(16)8-15/h3-6,11,15-16H,2,7-9H2,1H3,(H,14,17). The molecule has 0 aliphatic heterocycles. The number of amides is 1. The molecular formula is C13H19NO4. The van der Waals surface area contributed by atoms with Crippen LogP contribution in [0, 0.1) is 0 Å². The van der Waals surface area contributed by atoms with E-state index in [1.54, 1.807) is 0 Å². The molecule has 0 aromatic heterocycles. The average molecular weight is 253 g/mol. The lowest BCUT2D eigenvalue weighted by Gasteiger charge is -2.10. The summed E-state index contributed by atoms with van der Waals surface area (Å²) in [4.78, 5) is 11.3. The first kappa shape index (κ1) is 14.5. The molecule has 0 bridgehead atoms. The summed E-state index contributed by atoms with van der Waals surface area (Å²) >= 11 is 0. The molecule has 1 aromatic rings. The second-order valence-electron chi connectivity index (χ2n) is 3.93. The third-order valence-electron chi connectivity index (χ3n) is 2.45. The van der Waals surface area contributed by atoms with Crippen molar-refractivity contribution in [3.05, 3.63) is 29.8 Å². The normalized spacial score (nSPS) is 11.9. The maximum atomic E-state index is 11.3. The minimum atomic E-state index is -0.933. The van der Waals surface area contributed by atoms with Crippen LogP contribution in [0.5, 0.6) is 5.75 Å². The van der Waals surface area contributed by atoms with Crippen LogP contribution in [0.2, 0.25) is 0 Å². The van der Waals surface area contributed by atoms with Crippen LogP contribution in [0.3, 0.4) is 0 Å². The van der Waals surface area contributed by atoms with Crippen LogP contribution in [-0.4, -0.2) is 42.0 Å². The third kappa shape index (κ3) is 5.16. The van der Waals surface area contributed by atoms with Gasteiger partial charge in [0, 0.05) is 6.54 Å². The Bertz CT molecular complexity index is 364. The molecule has 18 heavy (non-hydrogen) atoms. The Kier molecular flexibility index (Phi) is 6.18. The minimum absolute atomic E-state index is 0.0213. The summed E-state index contributed by atoms with van der Waals surface area (Å²) in [5.74, 6) is 0.298. The van der Waals surface area contributed by atoms with E-state index in [1.807, 2.05) is 24.3 Å². The molecule has 3 N–H and O–H groups in total. The van der Waals surface area contributed by atoms with Crippen LogP contribution in [0.25, 0.3) is 0 Å². The number of rotatable bonds is 7. The van der Waals surface area contributed by atoms with Crippen molar-refractivity contribution in [3.8, 4) is 5.75 Å². The van der Waals surface area contributed by atoms with Gasteiger partial charge in [0.05, 0.1) is 12.7 Å². The summed E-state index contributed by atoms with van der Waals surface area (Å²) in [6.45, 7) is 1.60. The fraction of sp³-hybridized carbons (Fsp3) is 0.462. The number of ether oxygens (including phenoxy) is 1. The first-order chi connectivity index (χ1) is 8.65. The Morgan fingerprint density at radius 1 is 1.39 bits per heavy atom. The summed E-state index contributed by atoms with van der Waals surface area (Å²) in [5.41, 5.74) is 1.21. The maximum absolute atomic E-state index is 11.3. The van der Waals surface area contributed by atoms with Gasteiger partial charge in [0.2, 0.25) is 0 Å². The quantitative estimate of drug-likeness (QED) is 0.644. The van der Waals surface area contributed by atoms with E-state index in [2.05, 4.69) is 12.2 Å². The Labute approximate surface area is 106 Å². The van der Waals surface area contributed by atoms with Gasteiger partial charge in [-0.1, -0.05) is 19.1 Å². The molecule has 0 saturated carbocycles. The number of carbonyl (C=O) groups is 1. The molecule has 5 nitrogen and oxygen atoms in total. The van der Waals surface area contributed by atoms with E-state index < -0.39 is 6.10 Å². The van der Waals surface area contributed by atoms with Gasteiger partial charge in [0.25, 0.3) is 5.91 Å². The number of nitrogens with one attached hydrogen (secondary N) is 1. The van der Waals surface area contributed by atoms with Crippen molar-refractivity contribution in [3.63, 3.8) is 0 Å². The van der Waals surface area contributed by atoms with E-state index in [0.29, 0.717) is 5.75 Å². The van der Waals surface area contributed by atoms with Crippen molar-refractivity contribution in [2.45, 2.75) is 19.4 Å². The van der Waals surface area contributed by atoms with Crippen molar-refractivity contribution in [1.82, 2.24) is 5.32 Å². The highest BCUT2D eigenvalue weighted by Gasteiger charge is 2.06. The van der Waals surface area contributed by atoms with Crippen LogP contribution in [-0.2, 0) is 11.2 Å². The zero-order valence-corrected chi connectivity index (χ0v) is 10.4. The SMILES string of the molecule is CCc1ccc(OCC(=O)NCC(O)CO)cc1. The summed E-state index contributed by atoms with van der Waals surface area (Å²) < 4.78 is 5.28. The summed E-state index contributed by atoms with van der Waals surface area (Å²) in [6, 6.07) is 7.52. The van der Waals surface area contributed by atoms with Crippen LogP contribution >= 0.6 is 0 Å². The van der Waals surface area contributed by atoms with Gasteiger partial charge < -0.3 is 20.3 Å². The van der Waals surface area contributed by atoms with Gasteiger partial charge in [0.1, 0.15) is 5.75 Å². The van der Waals surface area contributed by atoms with Crippen LogP contribution in [0.4, 0.5) is 0 Å². The Balaban J connectivity index is 2.29. The number of hydrogen-bond donors (Lipinski definition) is 3. The molecule has 0 aliphatic carbocycles. The van der Waals surface area contributed by atoms with E-state index in [1.165, 1.54) is 5.56 Å². The lowest BCUT2D eigenvalue weighted by atomic mass is 10.2. The van der Waals surface area contributed by atoms with Gasteiger partial charge in [-0.15, -0.1) is 0 Å². The summed E-state index contributed by atoms with van der Waals surface area (Å²) in [5, 5.41) is 20.1. The van der Waals surface area contributed by atoms with Gasteiger partial charge in [-0.2, -0.15) is 0 Å². The molecule has 0 saturated heterocycles. The fourth-order valence-electron chi connectivity index (χ4n) is 1.32.